The van der Waals surface area contributed by atoms with Gasteiger partial charge < -0.3 is 4.90 Å². The van der Waals surface area contributed by atoms with Gasteiger partial charge >= 0.3 is 0 Å². The standard InChI is InChI=1S/C8H16N2OS/c1-7(11)9-3-5-10(6-4-9)8(2)12/h8,12H,3-6H2,1-2H3/t8-/m0/s1. The molecule has 1 heterocycles. The Balaban J connectivity index is 2.34. The summed E-state index contributed by atoms with van der Waals surface area (Å²) in [6.45, 7) is 7.28. The highest BCUT2D eigenvalue weighted by atomic mass is 32.1. The average Bonchev–Trinajstić information content (AvgIpc) is 2.04. The third-order valence-electron chi connectivity index (χ3n) is 2.29. The second-order valence-electron chi connectivity index (χ2n) is 3.17. The molecule has 4 heteroatoms. The van der Waals surface area contributed by atoms with E-state index < -0.39 is 0 Å². The number of piperazine rings is 1. The van der Waals surface area contributed by atoms with Crippen molar-refractivity contribution in [2.45, 2.75) is 19.2 Å². The van der Waals surface area contributed by atoms with E-state index in [0.717, 1.165) is 26.2 Å². The summed E-state index contributed by atoms with van der Waals surface area (Å²) in [5.41, 5.74) is 0. The van der Waals surface area contributed by atoms with E-state index in [2.05, 4.69) is 24.5 Å². The molecule has 1 aliphatic rings. The second kappa shape index (κ2) is 4.14. The fraction of sp³-hybridized carbons (Fsp3) is 0.875. The van der Waals surface area contributed by atoms with Crippen LogP contribution in [0.15, 0.2) is 0 Å². The van der Waals surface area contributed by atoms with E-state index in [1.54, 1.807) is 6.92 Å². The van der Waals surface area contributed by atoms with E-state index in [4.69, 9.17) is 0 Å². The monoisotopic (exact) mass is 188 g/mol. The first-order valence-electron chi connectivity index (χ1n) is 4.29. The van der Waals surface area contributed by atoms with E-state index in [1.165, 1.54) is 0 Å². The molecule has 1 saturated heterocycles. The van der Waals surface area contributed by atoms with Crippen LogP contribution in [-0.2, 0) is 4.79 Å². The molecule has 0 aromatic heterocycles. The lowest BCUT2D eigenvalue weighted by atomic mass is 10.3. The SMILES string of the molecule is CC(=O)N1CCN([C@H](C)S)CC1. The Morgan fingerprint density at radius 3 is 2.17 bits per heavy atom. The van der Waals surface area contributed by atoms with Crippen molar-refractivity contribution >= 4 is 18.5 Å². The molecular formula is C8H16N2OS. The zero-order valence-corrected chi connectivity index (χ0v) is 8.55. The molecule has 1 atom stereocenters. The van der Waals surface area contributed by atoms with Crippen LogP contribution in [0.5, 0.6) is 0 Å². The van der Waals surface area contributed by atoms with Crippen LogP contribution in [0.3, 0.4) is 0 Å². The highest BCUT2D eigenvalue weighted by molar-refractivity contribution is 7.80. The van der Waals surface area contributed by atoms with Crippen molar-refractivity contribution in [3.05, 3.63) is 0 Å². The molecule has 0 radical (unpaired) electrons. The van der Waals surface area contributed by atoms with Crippen LogP contribution in [0.1, 0.15) is 13.8 Å². The first-order chi connectivity index (χ1) is 5.61. The third-order valence-corrected chi connectivity index (χ3v) is 2.61. The van der Waals surface area contributed by atoms with Crippen LogP contribution >= 0.6 is 12.6 Å². The topological polar surface area (TPSA) is 23.6 Å². The van der Waals surface area contributed by atoms with E-state index in [9.17, 15) is 4.79 Å². The molecule has 0 aromatic carbocycles. The third kappa shape index (κ3) is 2.38. The molecule has 0 spiro atoms. The minimum atomic E-state index is 0.182. The fourth-order valence-corrected chi connectivity index (χ4v) is 1.64. The van der Waals surface area contributed by atoms with Crippen LogP contribution in [0.4, 0.5) is 0 Å². The van der Waals surface area contributed by atoms with Crippen molar-refractivity contribution in [2.75, 3.05) is 26.2 Å². The van der Waals surface area contributed by atoms with Crippen LogP contribution in [0.25, 0.3) is 0 Å². The van der Waals surface area contributed by atoms with E-state index >= 15 is 0 Å². The van der Waals surface area contributed by atoms with Gasteiger partial charge in [0.05, 0.1) is 5.37 Å². The number of rotatable bonds is 1. The smallest absolute Gasteiger partial charge is 0.219 e. The van der Waals surface area contributed by atoms with E-state index in [-0.39, 0.29) is 5.91 Å². The highest BCUT2D eigenvalue weighted by Crippen LogP contribution is 2.08. The molecule has 3 nitrogen and oxygen atoms in total. The van der Waals surface area contributed by atoms with E-state index in [1.807, 2.05) is 4.90 Å². The lowest BCUT2D eigenvalue weighted by molar-refractivity contribution is -0.130. The fourth-order valence-electron chi connectivity index (χ4n) is 1.41. The summed E-state index contributed by atoms with van der Waals surface area (Å²) in [6.07, 6.45) is 0. The average molecular weight is 188 g/mol. The summed E-state index contributed by atoms with van der Waals surface area (Å²) < 4.78 is 0. The van der Waals surface area contributed by atoms with Crippen molar-refractivity contribution in [1.29, 1.82) is 0 Å². The lowest BCUT2D eigenvalue weighted by Crippen LogP contribution is -2.49. The van der Waals surface area contributed by atoms with Gasteiger partial charge in [-0.15, -0.1) is 0 Å². The molecule has 0 unspecified atom stereocenters. The van der Waals surface area contributed by atoms with Gasteiger partial charge in [0.15, 0.2) is 0 Å². The van der Waals surface area contributed by atoms with Gasteiger partial charge in [-0.25, -0.2) is 0 Å². The summed E-state index contributed by atoms with van der Waals surface area (Å²) in [4.78, 5) is 15.1. The summed E-state index contributed by atoms with van der Waals surface area (Å²) in [6, 6.07) is 0. The zero-order chi connectivity index (χ0) is 9.14. The Bertz CT molecular complexity index is 164. The molecule has 1 rings (SSSR count). The Labute approximate surface area is 79.1 Å². The Morgan fingerprint density at radius 2 is 1.83 bits per heavy atom. The molecular weight excluding hydrogens is 172 g/mol. The van der Waals surface area contributed by atoms with Gasteiger partial charge in [-0.05, 0) is 6.92 Å². The second-order valence-corrected chi connectivity index (χ2v) is 3.92. The van der Waals surface area contributed by atoms with E-state index in [0.29, 0.717) is 5.37 Å². The number of amides is 1. The number of nitrogens with zero attached hydrogens (tertiary/aromatic N) is 2. The van der Waals surface area contributed by atoms with Gasteiger partial charge in [0.2, 0.25) is 5.91 Å². The molecule has 1 aliphatic heterocycles. The molecule has 1 amide bonds. The molecule has 70 valence electrons. The molecule has 0 aromatic rings. The van der Waals surface area contributed by atoms with Gasteiger partial charge in [0.1, 0.15) is 0 Å². The van der Waals surface area contributed by atoms with Gasteiger partial charge in [-0.3, -0.25) is 9.69 Å². The molecule has 0 aliphatic carbocycles. The van der Waals surface area contributed by atoms with Crippen LogP contribution < -0.4 is 0 Å². The number of carbonyl (C=O) groups is 1. The number of hydrogen-bond acceptors (Lipinski definition) is 3. The quantitative estimate of drug-likeness (QED) is 0.603. The summed E-state index contributed by atoms with van der Waals surface area (Å²) >= 11 is 4.34. The van der Waals surface area contributed by atoms with Crippen LogP contribution in [0, 0.1) is 0 Å². The van der Waals surface area contributed by atoms with Crippen molar-refractivity contribution in [2.24, 2.45) is 0 Å². The largest absolute Gasteiger partial charge is 0.340 e. The van der Waals surface area contributed by atoms with Crippen molar-refractivity contribution < 1.29 is 4.79 Å². The summed E-state index contributed by atoms with van der Waals surface area (Å²) in [7, 11) is 0. The maximum Gasteiger partial charge on any atom is 0.219 e. The van der Waals surface area contributed by atoms with Gasteiger partial charge in [-0.2, -0.15) is 12.6 Å². The Kier molecular flexibility index (Phi) is 3.40. The minimum Gasteiger partial charge on any atom is -0.340 e. The highest BCUT2D eigenvalue weighted by Gasteiger charge is 2.19. The zero-order valence-electron chi connectivity index (χ0n) is 7.66. The number of carbonyl (C=O) groups excluding carboxylic acids is 1. The van der Waals surface area contributed by atoms with Gasteiger partial charge in [0.25, 0.3) is 0 Å². The summed E-state index contributed by atoms with van der Waals surface area (Å²) in [5.74, 6) is 0.182. The maximum atomic E-state index is 11.0. The molecule has 0 bridgehead atoms. The summed E-state index contributed by atoms with van der Waals surface area (Å²) in [5, 5.41) is 0.305. The van der Waals surface area contributed by atoms with Crippen molar-refractivity contribution in [3.8, 4) is 0 Å². The first-order valence-corrected chi connectivity index (χ1v) is 4.80. The molecule has 0 N–H and O–H groups in total. The first kappa shape index (κ1) is 9.86. The predicted octanol–water partition coefficient (Wildman–Crippen LogP) is 0.426. The van der Waals surface area contributed by atoms with Crippen LogP contribution in [-0.4, -0.2) is 47.3 Å². The molecule has 0 saturated carbocycles. The van der Waals surface area contributed by atoms with Crippen molar-refractivity contribution in [1.82, 2.24) is 9.80 Å². The van der Waals surface area contributed by atoms with Gasteiger partial charge in [-0.1, -0.05) is 0 Å². The van der Waals surface area contributed by atoms with Gasteiger partial charge in [0, 0.05) is 33.1 Å². The number of hydrogen-bond donors (Lipinski definition) is 1. The predicted molar refractivity (Wildman–Crippen MR) is 52.3 cm³/mol. The lowest BCUT2D eigenvalue weighted by Gasteiger charge is -2.35. The van der Waals surface area contributed by atoms with Crippen LogP contribution in [0.2, 0.25) is 0 Å². The molecule has 12 heavy (non-hydrogen) atoms. The Morgan fingerprint density at radius 1 is 1.33 bits per heavy atom. The maximum absolute atomic E-state index is 11.0. The Hall–Kier alpha value is -0.220. The van der Waals surface area contributed by atoms with Crippen molar-refractivity contribution in [3.63, 3.8) is 0 Å². The molecule has 1 fully saturated rings. The minimum absolute atomic E-state index is 0.182. The normalized spacial score (nSPS) is 22.4. The number of thiol groups is 1.